The lowest BCUT2D eigenvalue weighted by atomic mass is 10.1. The zero-order valence-electron chi connectivity index (χ0n) is 61.3. The molecule has 101 heavy (non-hydrogen) atoms. The monoisotopic (exact) mass is 1410 g/mol. The number of benzene rings is 4. The number of piperazine rings is 4. The molecule has 550 valence electrons. The summed E-state index contributed by atoms with van der Waals surface area (Å²) in [5.74, 6) is 0. The molecule has 0 bridgehead atoms. The van der Waals surface area contributed by atoms with Gasteiger partial charge in [-0.25, -0.2) is 27.6 Å². The van der Waals surface area contributed by atoms with Crippen molar-refractivity contribution in [3.8, 4) is 0 Å². The Bertz CT molecular complexity index is 3550. The number of piperidine rings is 4. The molecule has 0 radical (unpaired) electrons. The van der Waals surface area contributed by atoms with E-state index in [4.69, 9.17) is 0 Å². The Kier molecular flexibility index (Phi) is 28.3. The number of nitrogens with one attached hydrogen (secondary N) is 4. The van der Waals surface area contributed by atoms with E-state index >= 15 is 0 Å². The maximum atomic E-state index is 13.2. The number of likely N-dealkylation sites (tertiary alicyclic amines) is 4. The highest BCUT2D eigenvalue weighted by molar-refractivity contribution is 7.89. The zero-order chi connectivity index (χ0) is 71.3. The van der Waals surface area contributed by atoms with Gasteiger partial charge in [-0.3, -0.25) is 9.88 Å². The lowest BCUT2D eigenvalue weighted by Crippen LogP contribution is -2.57. The quantitative estimate of drug-likeness (QED) is 0.100. The van der Waals surface area contributed by atoms with Gasteiger partial charge in [0, 0.05) is 169 Å². The fourth-order valence-corrected chi connectivity index (χ4v) is 16.3. The first-order valence-corrected chi connectivity index (χ1v) is 38.6. The van der Waals surface area contributed by atoms with E-state index in [-0.39, 0.29) is 30.2 Å². The molecule has 4 N–H and O–H groups in total. The average Bonchev–Trinajstić information content (AvgIpc) is 0.859. The fraction of sp³-hybridized carbons (Fsp3) is 0.571. The van der Waals surface area contributed by atoms with Gasteiger partial charge in [0.15, 0.2) is 0 Å². The van der Waals surface area contributed by atoms with E-state index in [2.05, 4.69) is 194 Å². The maximum Gasteiger partial charge on any atom is 0.317 e. The number of carbonyl (C=O) groups excluding carboxylic acids is 4. The van der Waals surface area contributed by atoms with Gasteiger partial charge in [0.2, 0.25) is 10.0 Å². The van der Waals surface area contributed by atoms with Crippen LogP contribution in [0.1, 0.15) is 75.0 Å². The number of aryl methyl sites for hydroxylation is 2. The van der Waals surface area contributed by atoms with Crippen LogP contribution in [0.5, 0.6) is 0 Å². The van der Waals surface area contributed by atoms with Crippen LogP contribution in [-0.2, 0) is 10.0 Å². The van der Waals surface area contributed by atoms with Crippen molar-refractivity contribution in [3.63, 3.8) is 0 Å². The zero-order valence-corrected chi connectivity index (χ0v) is 62.1. The number of carbonyl (C=O) groups is 4. The van der Waals surface area contributed by atoms with Crippen molar-refractivity contribution in [1.82, 2.24) is 74.7 Å². The number of hydrogen-bond donors (Lipinski definition) is 4. The lowest BCUT2D eigenvalue weighted by Gasteiger charge is -2.42. The molecular weight excluding hydrogens is 1290 g/mol. The number of amides is 8. The molecule has 8 saturated heterocycles. The van der Waals surface area contributed by atoms with Crippen molar-refractivity contribution >= 4 is 62.4 Å². The van der Waals surface area contributed by atoms with Gasteiger partial charge in [-0.2, -0.15) is 4.31 Å². The Morgan fingerprint density at radius 3 is 1.37 bits per heavy atom. The summed E-state index contributed by atoms with van der Waals surface area (Å²) in [7, 11) is 4.88. The number of pyridine rings is 1. The minimum Gasteiger partial charge on any atom is -0.368 e. The van der Waals surface area contributed by atoms with Crippen molar-refractivity contribution in [2.75, 3.05) is 195 Å². The van der Waals surface area contributed by atoms with E-state index < -0.39 is 10.0 Å². The lowest BCUT2D eigenvalue weighted by molar-refractivity contribution is 0.139. The Labute approximate surface area is 602 Å². The normalized spacial score (nSPS) is 21.2. The molecule has 13 rings (SSSR count). The Balaban J connectivity index is 0.000000146. The van der Waals surface area contributed by atoms with E-state index in [0.717, 1.165) is 188 Å². The van der Waals surface area contributed by atoms with Gasteiger partial charge < -0.3 is 70.3 Å². The third kappa shape index (κ3) is 22.7. The number of anilines is 2. The number of urea groups is 4. The maximum absolute atomic E-state index is 13.2. The summed E-state index contributed by atoms with van der Waals surface area (Å²) in [5, 5.41) is 14.2. The van der Waals surface area contributed by atoms with Crippen molar-refractivity contribution in [2.24, 2.45) is 0 Å². The van der Waals surface area contributed by atoms with Crippen LogP contribution in [0.25, 0.3) is 16.8 Å². The topological polar surface area (TPSA) is 202 Å². The Hall–Kier alpha value is -7.58. The van der Waals surface area contributed by atoms with E-state index in [1.54, 1.807) is 35.5 Å². The van der Waals surface area contributed by atoms with E-state index in [1.165, 1.54) is 32.4 Å². The van der Waals surface area contributed by atoms with Crippen molar-refractivity contribution in [3.05, 3.63) is 138 Å². The molecule has 4 aromatic carbocycles. The van der Waals surface area contributed by atoms with Gasteiger partial charge in [0.1, 0.15) is 0 Å². The first kappa shape index (κ1) is 76.1. The number of aromatic nitrogens is 1. The van der Waals surface area contributed by atoms with E-state index in [0.29, 0.717) is 60.6 Å². The summed E-state index contributed by atoms with van der Waals surface area (Å²) in [6.07, 6.45) is 15.9. The first-order valence-electron chi connectivity index (χ1n) is 37.2. The summed E-state index contributed by atoms with van der Waals surface area (Å²) in [4.78, 5) is 78.4. The largest absolute Gasteiger partial charge is 0.368 e. The molecule has 9 heterocycles. The smallest absolute Gasteiger partial charge is 0.317 e. The van der Waals surface area contributed by atoms with Crippen LogP contribution < -0.4 is 31.1 Å². The second-order valence-corrected chi connectivity index (χ2v) is 31.0. The highest BCUT2D eigenvalue weighted by Crippen LogP contribution is 2.27. The minimum absolute atomic E-state index is 0.0900. The summed E-state index contributed by atoms with van der Waals surface area (Å²) >= 11 is 0. The van der Waals surface area contributed by atoms with E-state index in [1.807, 2.05) is 26.8 Å². The van der Waals surface area contributed by atoms with Crippen LogP contribution in [0.15, 0.2) is 126 Å². The molecular formula is C77H115N17O6S. The van der Waals surface area contributed by atoms with Crippen LogP contribution in [0.4, 0.5) is 30.6 Å². The third-order valence-corrected chi connectivity index (χ3v) is 23.2. The van der Waals surface area contributed by atoms with E-state index in [9.17, 15) is 27.6 Å². The standard InChI is InChI=1S/C20H27N5O3S.C20H30N4O.C19H30N4O.C18H28N4O/c1-23-9-6-17(7-10-23)22-20(26)24-11-13-25(14-12-24)29(27,28)19-4-2-3-16-15-21-8-5-18(16)19;1-22-12-9-19(10-13-22)21-20(25)24-16-14-23(15-17-24)11-5-8-18-6-3-2-4-7-18;1-15-5-4-6-18(13-15)23-12-11-22(14-16(23)2)19(24)20-17-7-9-21(3)10-8-17;1-15-4-3-5-17(14-15)21-10-12-22(13-11-21)18(23)19-16-6-8-20(2)9-7-16/h2-5,8,15,17H,6-7,9-14H2,1H3,(H,22,26);2-8,19H,9-17H2,1H3,(H,21,25);4-6,13,16-17H,7-12,14H2,1-3H3,(H,20,24);3-5,14,16H,6-13H2,1-2H3,(H,19,23)/b;8-5+;;. The first-order chi connectivity index (χ1) is 48.8. The Morgan fingerprint density at radius 1 is 0.465 bits per heavy atom. The fourth-order valence-electron chi connectivity index (χ4n) is 14.6. The average molecular weight is 1410 g/mol. The highest BCUT2D eigenvalue weighted by Gasteiger charge is 2.34. The molecule has 1 atom stereocenters. The number of sulfonamides is 1. The molecule has 1 unspecified atom stereocenters. The summed E-state index contributed by atoms with van der Waals surface area (Å²) in [6.45, 7) is 26.6. The molecule has 1 aromatic heterocycles. The summed E-state index contributed by atoms with van der Waals surface area (Å²) in [6, 6.07) is 36.4. The molecule has 5 aromatic rings. The molecule has 8 amide bonds. The second-order valence-electron chi connectivity index (χ2n) is 29.1. The molecule has 24 heteroatoms. The minimum atomic E-state index is -3.63. The summed E-state index contributed by atoms with van der Waals surface area (Å²) < 4.78 is 27.9. The van der Waals surface area contributed by atoms with Crippen LogP contribution in [-0.4, -0.2) is 301 Å². The Morgan fingerprint density at radius 2 is 0.891 bits per heavy atom. The summed E-state index contributed by atoms with van der Waals surface area (Å²) in [5.41, 5.74) is 6.32. The SMILES string of the molecule is CN1CCC(NC(=O)N2CCN(C/C=C/c3ccccc3)CC2)CC1.CN1CCC(NC(=O)N2CCN(S(=O)(=O)c3cccc4cnccc34)CC2)CC1.Cc1cccc(N2CCN(C(=O)NC3CCN(C)CC3)CC2)c1.Cc1cccc(N2CCN(C(=O)NC3CCN(C)CC3)CC2C)c1. The van der Waals surface area contributed by atoms with Crippen molar-refractivity contribution in [2.45, 2.75) is 107 Å². The third-order valence-electron chi connectivity index (χ3n) is 21.3. The molecule has 8 aliphatic heterocycles. The van der Waals surface area contributed by atoms with Gasteiger partial charge in [-0.05, 0) is 206 Å². The molecule has 0 spiro atoms. The second kappa shape index (κ2) is 37.6. The molecule has 0 saturated carbocycles. The van der Waals surface area contributed by atoms with Crippen LogP contribution in [0.2, 0.25) is 0 Å². The van der Waals surface area contributed by atoms with Crippen molar-refractivity contribution < 1.29 is 27.6 Å². The molecule has 8 fully saturated rings. The number of hydrogen-bond acceptors (Lipinski definition) is 14. The molecule has 8 aliphatic rings. The van der Waals surface area contributed by atoms with Crippen LogP contribution in [0.3, 0.4) is 0 Å². The highest BCUT2D eigenvalue weighted by atomic mass is 32.2. The van der Waals surface area contributed by atoms with Crippen LogP contribution >= 0.6 is 0 Å². The van der Waals surface area contributed by atoms with Gasteiger partial charge in [-0.15, -0.1) is 0 Å². The number of fused-ring (bicyclic) bond motifs is 1. The number of rotatable bonds is 11. The van der Waals surface area contributed by atoms with Gasteiger partial charge in [0.25, 0.3) is 0 Å². The van der Waals surface area contributed by atoms with Crippen molar-refractivity contribution in [1.29, 1.82) is 0 Å². The van der Waals surface area contributed by atoms with Gasteiger partial charge in [0.05, 0.1) is 4.90 Å². The van der Waals surface area contributed by atoms with Crippen LogP contribution in [0, 0.1) is 13.8 Å². The predicted octanol–water partition coefficient (Wildman–Crippen LogP) is 7.70. The molecule has 0 aliphatic carbocycles. The predicted molar refractivity (Wildman–Crippen MR) is 406 cm³/mol. The molecule has 23 nitrogen and oxygen atoms in total. The van der Waals surface area contributed by atoms with Gasteiger partial charge in [-0.1, -0.05) is 78.9 Å². The van der Waals surface area contributed by atoms with Gasteiger partial charge >= 0.3 is 24.1 Å². The number of nitrogens with zero attached hydrogens (tertiary/aromatic N) is 13.